The molecule has 4 aromatic rings. The largest absolute Gasteiger partial charge is 0.318 e. The molecule has 0 unspecified atom stereocenters. The highest BCUT2D eigenvalue weighted by molar-refractivity contribution is 7.90. The first-order valence-corrected chi connectivity index (χ1v) is 12.2. The van der Waals surface area contributed by atoms with Gasteiger partial charge in [-0.1, -0.05) is 71.5 Å². The third-order valence-electron chi connectivity index (χ3n) is 5.36. The van der Waals surface area contributed by atoms with Crippen LogP contribution in [0.25, 0.3) is 21.7 Å². The zero-order chi connectivity index (χ0) is 22.2. The van der Waals surface area contributed by atoms with Crippen molar-refractivity contribution < 1.29 is 8.42 Å². The molecular formula is C25H24N2O2S2. The van der Waals surface area contributed by atoms with Gasteiger partial charge < -0.3 is 4.57 Å². The van der Waals surface area contributed by atoms with Gasteiger partial charge in [-0.2, -0.15) is 8.42 Å². The van der Waals surface area contributed by atoms with Gasteiger partial charge in [0.1, 0.15) is 0 Å². The van der Waals surface area contributed by atoms with Gasteiger partial charge in [-0.15, -0.1) is 4.40 Å². The van der Waals surface area contributed by atoms with Crippen LogP contribution in [0, 0.1) is 20.8 Å². The zero-order valence-corrected chi connectivity index (χ0v) is 19.6. The molecule has 6 heteroatoms. The topological polar surface area (TPSA) is 51.4 Å². The fraction of sp³-hybridized carbons (Fsp3) is 0.160. The number of hydrogen-bond acceptors (Lipinski definition) is 3. The van der Waals surface area contributed by atoms with Gasteiger partial charge in [-0.25, -0.2) is 0 Å². The molecule has 1 heterocycles. The molecular weight excluding hydrogens is 424 g/mol. The van der Waals surface area contributed by atoms with E-state index in [2.05, 4.69) is 36.4 Å². The highest BCUT2D eigenvalue weighted by Gasteiger charge is 2.18. The highest BCUT2D eigenvalue weighted by atomic mass is 32.2. The number of nitrogens with zero attached hydrogens (tertiary/aromatic N) is 2. The van der Waals surface area contributed by atoms with Crippen molar-refractivity contribution in [2.24, 2.45) is 11.4 Å². The molecule has 0 radical (unpaired) electrons. The van der Waals surface area contributed by atoms with Crippen molar-refractivity contribution >= 4 is 21.4 Å². The number of aromatic nitrogens is 1. The van der Waals surface area contributed by atoms with Crippen molar-refractivity contribution in [2.45, 2.75) is 25.7 Å². The van der Waals surface area contributed by atoms with Gasteiger partial charge in [-0.05, 0) is 61.2 Å². The molecule has 0 saturated heterocycles. The summed E-state index contributed by atoms with van der Waals surface area (Å²) in [7, 11) is -1.95. The predicted octanol–water partition coefficient (Wildman–Crippen LogP) is 5.64. The Labute approximate surface area is 187 Å². The molecule has 0 aliphatic carbocycles. The standard InChI is InChI=1S/C25H24N2O2S2/c1-17-10-14-22(15-11-17)31(28,29)26-25-27(4)23(21-13-12-18(2)19(3)16-21)24(30-25)20-8-6-5-7-9-20/h5-16H,1-4H3. The minimum absolute atomic E-state index is 0.195. The van der Waals surface area contributed by atoms with Gasteiger partial charge in [0.25, 0.3) is 10.0 Å². The number of rotatable bonds is 4. The van der Waals surface area contributed by atoms with E-state index in [4.69, 9.17) is 0 Å². The van der Waals surface area contributed by atoms with Gasteiger partial charge >= 0.3 is 0 Å². The number of hydrogen-bond donors (Lipinski definition) is 0. The smallest absolute Gasteiger partial charge is 0.285 e. The van der Waals surface area contributed by atoms with Crippen LogP contribution in [0.5, 0.6) is 0 Å². The maximum atomic E-state index is 13.0. The fourth-order valence-electron chi connectivity index (χ4n) is 3.40. The summed E-state index contributed by atoms with van der Waals surface area (Å²) >= 11 is 1.39. The third kappa shape index (κ3) is 4.27. The molecule has 0 aliphatic rings. The lowest BCUT2D eigenvalue weighted by Gasteiger charge is -2.09. The average Bonchev–Trinajstić information content (AvgIpc) is 3.06. The van der Waals surface area contributed by atoms with Gasteiger partial charge in [0.05, 0.1) is 15.5 Å². The first kappa shape index (κ1) is 21.3. The fourth-order valence-corrected chi connectivity index (χ4v) is 5.77. The second-order valence-corrected chi connectivity index (χ2v) is 10.2. The van der Waals surface area contributed by atoms with Gasteiger partial charge in [-0.3, -0.25) is 0 Å². The van der Waals surface area contributed by atoms with E-state index in [1.165, 1.54) is 22.5 Å². The number of thiazole rings is 1. The summed E-state index contributed by atoms with van der Waals surface area (Å²) in [5, 5.41) is 0. The van der Waals surface area contributed by atoms with Crippen LogP contribution in [0.3, 0.4) is 0 Å². The Kier molecular flexibility index (Phi) is 5.69. The van der Waals surface area contributed by atoms with Crippen LogP contribution < -0.4 is 4.80 Å². The van der Waals surface area contributed by atoms with Crippen LogP contribution in [0.1, 0.15) is 16.7 Å². The molecule has 3 aromatic carbocycles. The van der Waals surface area contributed by atoms with Crippen molar-refractivity contribution in [1.29, 1.82) is 0 Å². The molecule has 0 spiro atoms. The third-order valence-corrected chi connectivity index (χ3v) is 7.94. The summed E-state index contributed by atoms with van der Waals surface area (Å²) in [5.41, 5.74) is 6.44. The maximum Gasteiger partial charge on any atom is 0.285 e. The molecule has 0 fully saturated rings. The zero-order valence-electron chi connectivity index (χ0n) is 18.0. The predicted molar refractivity (Wildman–Crippen MR) is 128 cm³/mol. The van der Waals surface area contributed by atoms with E-state index in [-0.39, 0.29) is 4.90 Å². The quantitative estimate of drug-likeness (QED) is 0.406. The molecule has 1 aromatic heterocycles. The second-order valence-electron chi connectivity index (χ2n) is 7.67. The van der Waals surface area contributed by atoms with E-state index in [0.717, 1.165) is 27.3 Å². The Bertz CT molecular complexity index is 1410. The minimum atomic E-state index is -3.82. The lowest BCUT2D eigenvalue weighted by atomic mass is 10.0. The van der Waals surface area contributed by atoms with Crippen molar-refractivity contribution in [3.8, 4) is 21.7 Å². The SMILES string of the molecule is Cc1ccc(S(=O)(=O)N=c2sc(-c3ccccc3)c(-c3ccc(C)c(C)c3)n2C)cc1. The monoisotopic (exact) mass is 448 g/mol. The molecule has 0 bridgehead atoms. The highest BCUT2D eigenvalue weighted by Crippen LogP contribution is 2.35. The van der Waals surface area contributed by atoms with Crippen LogP contribution in [0.2, 0.25) is 0 Å². The average molecular weight is 449 g/mol. The summed E-state index contributed by atoms with van der Waals surface area (Å²) in [5.74, 6) is 0. The summed E-state index contributed by atoms with van der Waals surface area (Å²) < 4.78 is 32.1. The summed E-state index contributed by atoms with van der Waals surface area (Å²) in [4.78, 5) is 1.62. The summed E-state index contributed by atoms with van der Waals surface area (Å²) in [6, 6.07) is 23.1. The minimum Gasteiger partial charge on any atom is -0.318 e. The Balaban J connectivity index is 1.97. The number of aryl methyl sites for hydroxylation is 3. The Morgan fingerprint density at radius 1 is 0.806 bits per heavy atom. The maximum absolute atomic E-state index is 13.0. The lowest BCUT2D eigenvalue weighted by molar-refractivity contribution is 0.596. The van der Waals surface area contributed by atoms with Crippen molar-refractivity contribution in [1.82, 2.24) is 4.57 Å². The molecule has 158 valence electrons. The van der Waals surface area contributed by atoms with Gasteiger partial charge in [0.2, 0.25) is 4.80 Å². The van der Waals surface area contributed by atoms with E-state index < -0.39 is 10.0 Å². The van der Waals surface area contributed by atoms with E-state index in [0.29, 0.717) is 4.80 Å². The summed E-state index contributed by atoms with van der Waals surface area (Å²) in [6.07, 6.45) is 0. The van der Waals surface area contributed by atoms with Crippen LogP contribution in [-0.4, -0.2) is 13.0 Å². The van der Waals surface area contributed by atoms with Crippen molar-refractivity contribution in [2.75, 3.05) is 0 Å². The van der Waals surface area contributed by atoms with Crippen LogP contribution in [0.15, 0.2) is 82.1 Å². The number of benzene rings is 3. The summed E-state index contributed by atoms with van der Waals surface area (Å²) in [6.45, 7) is 6.09. The molecule has 0 saturated carbocycles. The van der Waals surface area contributed by atoms with E-state index >= 15 is 0 Å². The molecule has 4 rings (SSSR count). The van der Waals surface area contributed by atoms with Crippen molar-refractivity contribution in [3.05, 3.63) is 94.3 Å². The number of sulfonamides is 1. The van der Waals surface area contributed by atoms with E-state index in [1.54, 1.807) is 24.3 Å². The van der Waals surface area contributed by atoms with Crippen molar-refractivity contribution in [3.63, 3.8) is 0 Å². The van der Waals surface area contributed by atoms with Crippen LogP contribution in [-0.2, 0) is 17.1 Å². The Morgan fingerprint density at radius 2 is 1.48 bits per heavy atom. The Morgan fingerprint density at radius 3 is 2.13 bits per heavy atom. The first-order chi connectivity index (χ1) is 14.8. The molecule has 0 N–H and O–H groups in total. The van der Waals surface area contributed by atoms with E-state index in [9.17, 15) is 8.42 Å². The molecule has 31 heavy (non-hydrogen) atoms. The second kappa shape index (κ2) is 8.29. The molecule has 4 nitrogen and oxygen atoms in total. The van der Waals surface area contributed by atoms with Gasteiger partial charge in [0, 0.05) is 7.05 Å². The van der Waals surface area contributed by atoms with Crippen LogP contribution in [0.4, 0.5) is 0 Å². The molecule has 0 amide bonds. The first-order valence-electron chi connectivity index (χ1n) is 9.97. The lowest BCUT2D eigenvalue weighted by Crippen LogP contribution is -2.14. The Hall–Kier alpha value is -2.96. The molecule has 0 atom stereocenters. The normalized spacial score (nSPS) is 12.3. The van der Waals surface area contributed by atoms with E-state index in [1.807, 2.05) is 48.9 Å². The van der Waals surface area contributed by atoms with Gasteiger partial charge in [0.15, 0.2) is 0 Å². The van der Waals surface area contributed by atoms with Crippen LogP contribution >= 0.6 is 11.3 Å². The molecule has 0 aliphatic heterocycles.